The largest absolute Gasteiger partial charge is 0.382 e. The molecule has 0 amide bonds. The fourth-order valence-electron chi connectivity index (χ4n) is 4.57. The minimum atomic E-state index is 0.156. The van der Waals surface area contributed by atoms with Crippen molar-refractivity contribution in [3.63, 3.8) is 0 Å². The van der Waals surface area contributed by atoms with Gasteiger partial charge in [-0.1, -0.05) is 36.6 Å². The maximum atomic E-state index is 6.28. The fraction of sp³-hybridized carbons (Fsp3) is 0.682. The van der Waals surface area contributed by atoms with Crippen LogP contribution in [0.1, 0.15) is 37.7 Å². The van der Waals surface area contributed by atoms with E-state index in [4.69, 9.17) is 21.1 Å². The van der Waals surface area contributed by atoms with Crippen molar-refractivity contribution in [2.75, 3.05) is 53.6 Å². The number of guanidine groups is 1. The van der Waals surface area contributed by atoms with Gasteiger partial charge in [0, 0.05) is 50.1 Å². The summed E-state index contributed by atoms with van der Waals surface area (Å²) >= 11 is 6.28. The van der Waals surface area contributed by atoms with Crippen LogP contribution in [0.15, 0.2) is 29.3 Å². The van der Waals surface area contributed by atoms with E-state index in [2.05, 4.69) is 33.4 Å². The van der Waals surface area contributed by atoms with E-state index in [0.717, 1.165) is 43.6 Å². The molecule has 2 aliphatic rings. The van der Waals surface area contributed by atoms with Crippen molar-refractivity contribution in [1.82, 2.24) is 10.2 Å². The Labute approximate surface area is 174 Å². The lowest BCUT2D eigenvalue weighted by Gasteiger charge is -2.32. The molecule has 1 saturated heterocycles. The summed E-state index contributed by atoms with van der Waals surface area (Å²) in [6.45, 7) is 5.06. The molecule has 1 heterocycles. The summed E-state index contributed by atoms with van der Waals surface area (Å²) in [5.74, 6) is 1.57. The molecule has 1 atom stereocenters. The summed E-state index contributed by atoms with van der Waals surface area (Å²) < 4.78 is 10.8. The van der Waals surface area contributed by atoms with Gasteiger partial charge in [-0.05, 0) is 37.0 Å². The predicted octanol–water partition coefficient (Wildman–Crippen LogP) is 3.71. The van der Waals surface area contributed by atoms with Crippen LogP contribution >= 0.6 is 11.6 Å². The lowest BCUT2D eigenvalue weighted by atomic mass is 9.79. The van der Waals surface area contributed by atoms with E-state index in [9.17, 15) is 0 Å². The molecule has 1 saturated carbocycles. The fourth-order valence-corrected chi connectivity index (χ4v) is 4.76. The summed E-state index contributed by atoms with van der Waals surface area (Å²) in [6, 6.07) is 8.39. The van der Waals surface area contributed by atoms with Gasteiger partial charge in [0.15, 0.2) is 5.96 Å². The van der Waals surface area contributed by atoms with Crippen LogP contribution in [-0.4, -0.2) is 64.5 Å². The topological polar surface area (TPSA) is 46.1 Å². The third kappa shape index (κ3) is 5.40. The van der Waals surface area contributed by atoms with Gasteiger partial charge in [0.25, 0.3) is 0 Å². The molecule has 2 fully saturated rings. The molecule has 156 valence electrons. The van der Waals surface area contributed by atoms with Gasteiger partial charge in [-0.25, -0.2) is 0 Å². The van der Waals surface area contributed by atoms with E-state index in [0.29, 0.717) is 19.1 Å². The van der Waals surface area contributed by atoms with Crippen molar-refractivity contribution in [3.05, 3.63) is 34.9 Å². The lowest BCUT2D eigenvalue weighted by molar-refractivity contribution is 0.0536. The average Bonchev–Trinajstić information content (AvgIpc) is 3.37. The molecular weight excluding hydrogens is 374 g/mol. The highest BCUT2D eigenvalue weighted by Crippen LogP contribution is 2.41. The molecule has 0 radical (unpaired) electrons. The molecule has 1 unspecified atom stereocenters. The third-order valence-corrected chi connectivity index (χ3v) is 6.40. The van der Waals surface area contributed by atoms with Crippen LogP contribution in [0.3, 0.4) is 0 Å². The van der Waals surface area contributed by atoms with E-state index < -0.39 is 0 Å². The van der Waals surface area contributed by atoms with Gasteiger partial charge in [-0.3, -0.25) is 4.99 Å². The van der Waals surface area contributed by atoms with E-state index in [1.807, 2.05) is 13.1 Å². The number of rotatable bonds is 8. The summed E-state index contributed by atoms with van der Waals surface area (Å²) in [5, 5.41) is 4.50. The second-order valence-corrected chi connectivity index (χ2v) is 8.50. The maximum Gasteiger partial charge on any atom is 0.193 e. The molecule has 5 nitrogen and oxygen atoms in total. The van der Waals surface area contributed by atoms with Crippen molar-refractivity contribution in [3.8, 4) is 0 Å². The first-order valence-corrected chi connectivity index (χ1v) is 10.8. The summed E-state index contributed by atoms with van der Waals surface area (Å²) in [5.41, 5.74) is 1.51. The number of halogens is 1. The molecule has 0 spiro atoms. The third-order valence-electron chi connectivity index (χ3n) is 6.17. The Kier molecular flexibility index (Phi) is 8.00. The van der Waals surface area contributed by atoms with E-state index in [1.165, 1.54) is 31.2 Å². The highest BCUT2D eigenvalue weighted by molar-refractivity contribution is 6.30. The number of likely N-dealkylation sites (tertiary alicyclic amines) is 1. The van der Waals surface area contributed by atoms with Gasteiger partial charge >= 0.3 is 0 Å². The number of ether oxygens (including phenoxy) is 2. The standard InChI is InChI=1S/C22H34ClN3O2/c1-24-21(26-11-8-18(15-26)16-28-13-12-27-2)25-17-22(9-3-4-10-22)19-6-5-7-20(23)14-19/h5-7,14,18H,3-4,8-13,15-17H2,1-2H3,(H,24,25). The van der Waals surface area contributed by atoms with Gasteiger partial charge in [0.1, 0.15) is 0 Å². The Bertz CT molecular complexity index is 646. The Morgan fingerprint density at radius 1 is 1.32 bits per heavy atom. The first-order valence-electron chi connectivity index (χ1n) is 10.5. The van der Waals surface area contributed by atoms with Crippen molar-refractivity contribution in [2.45, 2.75) is 37.5 Å². The summed E-state index contributed by atoms with van der Waals surface area (Å²) in [4.78, 5) is 6.93. The molecule has 28 heavy (non-hydrogen) atoms. The molecule has 0 bridgehead atoms. The maximum absolute atomic E-state index is 6.28. The minimum Gasteiger partial charge on any atom is -0.382 e. The molecule has 0 aromatic heterocycles. The SMILES string of the molecule is CN=C(NCC1(c2cccc(Cl)c2)CCCC1)N1CCC(COCCOC)C1. The number of aliphatic imine (C=N–C) groups is 1. The van der Waals surface area contributed by atoms with Crippen molar-refractivity contribution in [2.24, 2.45) is 10.9 Å². The average molecular weight is 408 g/mol. The smallest absolute Gasteiger partial charge is 0.193 e. The van der Waals surface area contributed by atoms with E-state index >= 15 is 0 Å². The number of benzene rings is 1. The Morgan fingerprint density at radius 2 is 2.14 bits per heavy atom. The molecule has 1 aliphatic carbocycles. The molecular formula is C22H34ClN3O2. The number of hydrogen-bond acceptors (Lipinski definition) is 3. The zero-order chi connectivity index (χ0) is 19.8. The quantitative estimate of drug-likeness (QED) is 0.405. The van der Waals surface area contributed by atoms with Crippen LogP contribution in [0.4, 0.5) is 0 Å². The van der Waals surface area contributed by atoms with Crippen LogP contribution in [-0.2, 0) is 14.9 Å². The van der Waals surface area contributed by atoms with Gasteiger partial charge in [-0.2, -0.15) is 0 Å². The predicted molar refractivity (Wildman–Crippen MR) is 115 cm³/mol. The van der Waals surface area contributed by atoms with Gasteiger partial charge in [0.05, 0.1) is 19.8 Å². The van der Waals surface area contributed by atoms with Crippen LogP contribution in [0.25, 0.3) is 0 Å². The van der Waals surface area contributed by atoms with Crippen LogP contribution < -0.4 is 5.32 Å². The minimum absolute atomic E-state index is 0.156. The van der Waals surface area contributed by atoms with E-state index in [1.54, 1.807) is 7.11 Å². The van der Waals surface area contributed by atoms with Crippen molar-refractivity contribution < 1.29 is 9.47 Å². The number of nitrogens with one attached hydrogen (secondary N) is 1. The van der Waals surface area contributed by atoms with Crippen molar-refractivity contribution >= 4 is 17.6 Å². The normalized spacial score (nSPS) is 22.0. The van der Waals surface area contributed by atoms with Gasteiger partial charge < -0.3 is 19.7 Å². The van der Waals surface area contributed by atoms with Crippen LogP contribution in [0.5, 0.6) is 0 Å². The number of methoxy groups -OCH3 is 1. The second-order valence-electron chi connectivity index (χ2n) is 8.07. The Balaban J connectivity index is 1.56. The molecule has 3 rings (SSSR count). The van der Waals surface area contributed by atoms with Crippen LogP contribution in [0, 0.1) is 5.92 Å². The molecule has 1 aromatic carbocycles. The van der Waals surface area contributed by atoms with Gasteiger partial charge in [0.2, 0.25) is 0 Å². The van der Waals surface area contributed by atoms with E-state index in [-0.39, 0.29) is 5.41 Å². The molecule has 6 heteroatoms. The highest BCUT2D eigenvalue weighted by Gasteiger charge is 2.36. The molecule has 1 aliphatic heterocycles. The molecule has 1 aromatic rings. The number of nitrogens with zero attached hydrogens (tertiary/aromatic N) is 2. The van der Waals surface area contributed by atoms with Crippen molar-refractivity contribution in [1.29, 1.82) is 0 Å². The number of hydrogen-bond donors (Lipinski definition) is 1. The second kappa shape index (κ2) is 10.5. The Morgan fingerprint density at radius 3 is 2.86 bits per heavy atom. The van der Waals surface area contributed by atoms with Gasteiger partial charge in [-0.15, -0.1) is 0 Å². The zero-order valence-electron chi connectivity index (χ0n) is 17.3. The first-order chi connectivity index (χ1) is 13.7. The highest BCUT2D eigenvalue weighted by atomic mass is 35.5. The zero-order valence-corrected chi connectivity index (χ0v) is 18.0. The Hall–Kier alpha value is -1.30. The lowest BCUT2D eigenvalue weighted by Crippen LogP contribution is -2.46. The summed E-state index contributed by atoms with van der Waals surface area (Å²) in [6.07, 6.45) is 6.10. The summed E-state index contributed by atoms with van der Waals surface area (Å²) in [7, 11) is 3.59. The molecule has 1 N–H and O–H groups in total. The van der Waals surface area contributed by atoms with Crippen LogP contribution in [0.2, 0.25) is 5.02 Å². The monoisotopic (exact) mass is 407 g/mol. The first kappa shape index (κ1) is 21.4.